The monoisotopic (exact) mass is 482 g/mol. The van der Waals surface area contributed by atoms with Gasteiger partial charge in [0.15, 0.2) is 5.96 Å². The highest BCUT2D eigenvalue weighted by molar-refractivity contribution is 14.0. The standard InChI is InChI=1S/C21H30N4O.HI/c1-4-22-21(24-14-20-12-8-9-18(3)25-20)23-13-17(2)15-26-16-19-10-6-5-7-11-19;/h5-12,17H,4,13-16H2,1-3H3,(H2,22,23,24);1H. The molecule has 5 nitrogen and oxygen atoms in total. The number of halogens is 1. The third-order valence-corrected chi connectivity index (χ3v) is 3.82. The molecule has 27 heavy (non-hydrogen) atoms. The highest BCUT2D eigenvalue weighted by Crippen LogP contribution is 2.03. The van der Waals surface area contributed by atoms with Crippen LogP contribution in [-0.2, 0) is 17.9 Å². The summed E-state index contributed by atoms with van der Waals surface area (Å²) in [5, 5.41) is 6.66. The fourth-order valence-electron chi connectivity index (χ4n) is 2.47. The molecule has 1 heterocycles. The molecule has 2 rings (SSSR count). The molecule has 1 unspecified atom stereocenters. The first-order valence-electron chi connectivity index (χ1n) is 9.23. The summed E-state index contributed by atoms with van der Waals surface area (Å²) < 4.78 is 5.81. The summed E-state index contributed by atoms with van der Waals surface area (Å²) in [4.78, 5) is 9.10. The molecule has 0 bridgehead atoms. The van der Waals surface area contributed by atoms with Gasteiger partial charge in [0.25, 0.3) is 0 Å². The minimum atomic E-state index is 0. The Hall–Kier alpha value is -1.67. The van der Waals surface area contributed by atoms with Crippen LogP contribution >= 0.6 is 24.0 Å². The second-order valence-electron chi connectivity index (χ2n) is 6.45. The van der Waals surface area contributed by atoms with Gasteiger partial charge >= 0.3 is 0 Å². The van der Waals surface area contributed by atoms with Crippen molar-refractivity contribution in [1.82, 2.24) is 15.6 Å². The van der Waals surface area contributed by atoms with E-state index in [4.69, 9.17) is 4.74 Å². The quantitative estimate of drug-likeness (QED) is 0.323. The lowest BCUT2D eigenvalue weighted by Gasteiger charge is -2.16. The topological polar surface area (TPSA) is 58.5 Å². The maximum absolute atomic E-state index is 5.81. The van der Waals surface area contributed by atoms with Gasteiger partial charge in [0.1, 0.15) is 0 Å². The van der Waals surface area contributed by atoms with Crippen LogP contribution in [0.15, 0.2) is 53.5 Å². The van der Waals surface area contributed by atoms with E-state index < -0.39 is 0 Å². The lowest BCUT2D eigenvalue weighted by atomic mass is 10.2. The van der Waals surface area contributed by atoms with Crippen LogP contribution < -0.4 is 10.6 Å². The summed E-state index contributed by atoms with van der Waals surface area (Å²) in [5.74, 6) is 1.20. The zero-order valence-electron chi connectivity index (χ0n) is 16.4. The molecule has 0 aliphatic carbocycles. The average Bonchev–Trinajstić information content (AvgIpc) is 2.65. The van der Waals surface area contributed by atoms with Gasteiger partial charge in [-0.2, -0.15) is 0 Å². The van der Waals surface area contributed by atoms with Crippen molar-refractivity contribution in [3.63, 3.8) is 0 Å². The Labute approximate surface area is 180 Å². The lowest BCUT2D eigenvalue weighted by Crippen LogP contribution is -2.40. The van der Waals surface area contributed by atoms with Crippen LogP contribution in [0.1, 0.15) is 30.8 Å². The SMILES string of the molecule is CCNC(=NCc1cccc(C)n1)NCC(C)COCc1ccccc1.I. The number of guanidine groups is 1. The van der Waals surface area contributed by atoms with Crippen molar-refractivity contribution in [3.8, 4) is 0 Å². The number of nitrogens with zero attached hydrogens (tertiary/aromatic N) is 2. The van der Waals surface area contributed by atoms with Gasteiger partial charge in [0, 0.05) is 18.8 Å². The van der Waals surface area contributed by atoms with Crippen molar-refractivity contribution in [2.24, 2.45) is 10.9 Å². The van der Waals surface area contributed by atoms with Crippen molar-refractivity contribution in [3.05, 3.63) is 65.5 Å². The molecule has 6 heteroatoms. The van der Waals surface area contributed by atoms with E-state index in [-0.39, 0.29) is 24.0 Å². The van der Waals surface area contributed by atoms with Gasteiger partial charge in [-0.25, -0.2) is 4.99 Å². The molecule has 1 atom stereocenters. The summed E-state index contributed by atoms with van der Waals surface area (Å²) in [6.07, 6.45) is 0. The Balaban J connectivity index is 0.00000364. The molecule has 0 aliphatic rings. The van der Waals surface area contributed by atoms with Crippen molar-refractivity contribution in [2.45, 2.75) is 33.9 Å². The van der Waals surface area contributed by atoms with Crippen LogP contribution in [-0.4, -0.2) is 30.6 Å². The number of aliphatic imine (C=N–C) groups is 1. The van der Waals surface area contributed by atoms with Crippen molar-refractivity contribution in [1.29, 1.82) is 0 Å². The van der Waals surface area contributed by atoms with Crippen LogP contribution in [0.5, 0.6) is 0 Å². The van der Waals surface area contributed by atoms with Gasteiger partial charge in [-0.1, -0.05) is 43.3 Å². The van der Waals surface area contributed by atoms with E-state index >= 15 is 0 Å². The lowest BCUT2D eigenvalue weighted by molar-refractivity contribution is 0.0931. The normalized spacial score (nSPS) is 12.2. The second kappa shape index (κ2) is 13.5. The molecule has 0 fully saturated rings. The molecule has 0 spiro atoms. The molecule has 2 aromatic rings. The number of benzene rings is 1. The number of ether oxygens (including phenoxy) is 1. The first-order valence-corrected chi connectivity index (χ1v) is 9.23. The molecule has 0 aliphatic heterocycles. The van der Waals surface area contributed by atoms with E-state index in [1.165, 1.54) is 5.56 Å². The molecule has 0 saturated carbocycles. The molecule has 148 valence electrons. The molecule has 0 amide bonds. The van der Waals surface area contributed by atoms with Gasteiger partial charge in [-0.3, -0.25) is 4.98 Å². The van der Waals surface area contributed by atoms with E-state index in [0.717, 1.165) is 30.4 Å². The van der Waals surface area contributed by atoms with Crippen LogP contribution in [0.25, 0.3) is 0 Å². The zero-order valence-corrected chi connectivity index (χ0v) is 18.8. The largest absolute Gasteiger partial charge is 0.376 e. The Morgan fingerprint density at radius 2 is 1.89 bits per heavy atom. The van der Waals surface area contributed by atoms with E-state index in [1.54, 1.807) is 0 Å². The van der Waals surface area contributed by atoms with Crippen molar-refractivity contribution >= 4 is 29.9 Å². The molecule has 0 radical (unpaired) electrons. The molecule has 2 N–H and O–H groups in total. The van der Waals surface area contributed by atoms with Gasteiger partial charge in [0.2, 0.25) is 0 Å². The third kappa shape index (κ3) is 9.72. The van der Waals surface area contributed by atoms with Gasteiger partial charge < -0.3 is 15.4 Å². The maximum atomic E-state index is 5.81. The van der Waals surface area contributed by atoms with E-state index in [1.807, 2.05) is 43.3 Å². The average molecular weight is 482 g/mol. The minimum Gasteiger partial charge on any atom is -0.376 e. The maximum Gasteiger partial charge on any atom is 0.191 e. The smallest absolute Gasteiger partial charge is 0.191 e. The summed E-state index contributed by atoms with van der Waals surface area (Å²) in [7, 11) is 0. The van der Waals surface area contributed by atoms with Gasteiger partial charge in [-0.05, 0) is 37.5 Å². The number of pyridine rings is 1. The third-order valence-electron chi connectivity index (χ3n) is 3.82. The first kappa shape index (κ1) is 23.4. The second-order valence-corrected chi connectivity index (χ2v) is 6.45. The number of hydrogen-bond donors (Lipinski definition) is 2. The Morgan fingerprint density at radius 1 is 1.11 bits per heavy atom. The minimum absolute atomic E-state index is 0. The molecular formula is C21H31IN4O. The van der Waals surface area contributed by atoms with Crippen LogP contribution in [0.3, 0.4) is 0 Å². The molecule has 1 aromatic carbocycles. The van der Waals surface area contributed by atoms with Crippen LogP contribution in [0.2, 0.25) is 0 Å². The Kier molecular flexibility index (Phi) is 11.7. The van der Waals surface area contributed by atoms with E-state index in [9.17, 15) is 0 Å². The van der Waals surface area contributed by atoms with Crippen LogP contribution in [0, 0.1) is 12.8 Å². The summed E-state index contributed by atoms with van der Waals surface area (Å²) in [6, 6.07) is 16.3. The highest BCUT2D eigenvalue weighted by atomic mass is 127. The fourth-order valence-corrected chi connectivity index (χ4v) is 2.47. The number of rotatable bonds is 9. The number of aromatic nitrogens is 1. The van der Waals surface area contributed by atoms with Gasteiger partial charge in [-0.15, -0.1) is 24.0 Å². The summed E-state index contributed by atoms with van der Waals surface area (Å²) in [5.41, 5.74) is 3.19. The summed E-state index contributed by atoms with van der Waals surface area (Å²) >= 11 is 0. The zero-order chi connectivity index (χ0) is 18.6. The first-order chi connectivity index (χ1) is 12.7. The number of aryl methyl sites for hydroxylation is 1. The van der Waals surface area contributed by atoms with Gasteiger partial charge in [0.05, 0.1) is 25.5 Å². The highest BCUT2D eigenvalue weighted by Gasteiger charge is 2.05. The Morgan fingerprint density at radius 3 is 2.59 bits per heavy atom. The van der Waals surface area contributed by atoms with Crippen LogP contribution in [0.4, 0.5) is 0 Å². The molecule has 0 saturated heterocycles. The molecular weight excluding hydrogens is 451 g/mol. The number of hydrogen-bond acceptors (Lipinski definition) is 3. The Bertz CT molecular complexity index is 679. The van der Waals surface area contributed by atoms with Crippen molar-refractivity contribution < 1.29 is 4.74 Å². The summed E-state index contributed by atoms with van der Waals surface area (Å²) in [6.45, 7) is 9.79. The fraction of sp³-hybridized carbons (Fsp3) is 0.429. The molecule has 1 aromatic heterocycles. The number of nitrogens with one attached hydrogen (secondary N) is 2. The predicted octanol–water partition coefficient (Wildman–Crippen LogP) is 3.92. The predicted molar refractivity (Wildman–Crippen MR) is 122 cm³/mol. The van der Waals surface area contributed by atoms with E-state index in [2.05, 4.69) is 46.6 Å². The van der Waals surface area contributed by atoms with E-state index in [0.29, 0.717) is 25.7 Å². The van der Waals surface area contributed by atoms with Crippen molar-refractivity contribution in [2.75, 3.05) is 19.7 Å².